The number of nitrogens with one attached hydrogen (secondary N) is 3. The molecule has 1 amide bonds. The maximum Gasteiger partial charge on any atom is 0.329 e. The number of aromatic amines is 1. The summed E-state index contributed by atoms with van der Waals surface area (Å²) in [6, 6.07) is 1.81. The van der Waals surface area contributed by atoms with Gasteiger partial charge in [-0.1, -0.05) is 0 Å². The van der Waals surface area contributed by atoms with Gasteiger partial charge in [-0.25, -0.2) is 22.5 Å². The number of rotatable bonds is 5. The van der Waals surface area contributed by atoms with E-state index in [0.717, 1.165) is 22.9 Å². The first-order valence-electron chi connectivity index (χ1n) is 9.52. The fourth-order valence-corrected chi connectivity index (χ4v) is 3.64. The van der Waals surface area contributed by atoms with Gasteiger partial charge < -0.3 is 15.6 Å². The molecule has 162 valence electrons. The Balaban J connectivity index is 1.74. The molecule has 1 aliphatic rings. The summed E-state index contributed by atoms with van der Waals surface area (Å²) in [4.78, 5) is 44.9. The Morgan fingerprint density at radius 2 is 1.94 bits per heavy atom. The number of nitrogens with zero attached hydrogens (tertiary/aromatic N) is 2. The second-order valence-corrected chi connectivity index (χ2v) is 7.41. The Bertz CT molecular complexity index is 1290. The summed E-state index contributed by atoms with van der Waals surface area (Å²) in [5, 5.41) is 5.43. The zero-order chi connectivity index (χ0) is 22.3. The van der Waals surface area contributed by atoms with E-state index in [1.165, 1.54) is 13.0 Å². The molecule has 0 spiro atoms. The third-order valence-corrected chi connectivity index (χ3v) is 5.30. The van der Waals surface area contributed by atoms with Crippen LogP contribution in [0.3, 0.4) is 0 Å². The van der Waals surface area contributed by atoms with Crippen molar-refractivity contribution >= 4 is 16.8 Å². The number of carbonyl (C=O) groups is 1. The number of benzene rings is 1. The third-order valence-electron chi connectivity index (χ3n) is 5.30. The van der Waals surface area contributed by atoms with Crippen molar-refractivity contribution in [2.24, 2.45) is 5.92 Å². The molecule has 1 aliphatic heterocycles. The van der Waals surface area contributed by atoms with Crippen molar-refractivity contribution in [1.29, 1.82) is 0 Å². The molecular weight excluding hydrogens is 415 g/mol. The van der Waals surface area contributed by atoms with E-state index >= 15 is 0 Å². The first-order valence-corrected chi connectivity index (χ1v) is 9.52. The SMILES string of the molecule is C[C@@H](NC(=O)[C@H](C1CNC1)n1c(=O)[nH]c2ccc(F)cc2c1=O)c1ncc(F)cc1F. The van der Waals surface area contributed by atoms with Gasteiger partial charge in [0.2, 0.25) is 5.91 Å². The van der Waals surface area contributed by atoms with Gasteiger partial charge in [0.15, 0.2) is 0 Å². The standard InChI is InChI=1S/C20H18F3N5O3/c1-9(16-14(23)5-12(22)8-25-16)26-18(29)17(10-6-24-7-10)28-19(30)13-4-11(21)2-3-15(13)27-20(28)31/h2-5,8-10,17,24H,6-7H2,1H3,(H,26,29)(H,27,31)/t9-,17+/m1/s1. The highest BCUT2D eigenvalue weighted by atomic mass is 19.1. The molecule has 1 aromatic carbocycles. The summed E-state index contributed by atoms with van der Waals surface area (Å²) in [6.45, 7) is 2.17. The molecule has 0 unspecified atom stereocenters. The van der Waals surface area contributed by atoms with E-state index in [0.29, 0.717) is 19.2 Å². The van der Waals surface area contributed by atoms with Crippen molar-refractivity contribution < 1.29 is 18.0 Å². The van der Waals surface area contributed by atoms with Crippen LogP contribution in [0.4, 0.5) is 13.2 Å². The molecule has 0 aliphatic carbocycles. The minimum Gasteiger partial charge on any atom is -0.346 e. The van der Waals surface area contributed by atoms with Crippen LogP contribution in [0.25, 0.3) is 10.9 Å². The number of hydrogen-bond donors (Lipinski definition) is 3. The van der Waals surface area contributed by atoms with E-state index in [4.69, 9.17) is 0 Å². The van der Waals surface area contributed by atoms with Crippen LogP contribution in [-0.2, 0) is 4.79 Å². The molecule has 11 heteroatoms. The molecule has 4 rings (SSSR count). The fourth-order valence-electron chi connectivity index (χ4n) is 3.64. The van der Waals surface area contributed by atoms with Crippen LogP contribution < -0.4 is 21.9 Å². The molecule has 8 nitrogen and oxygen atoms in total. The lowest BCUT2D eigenvalue weighted by atomic mass is 9.92. The minimum absolute atomic E-state index is 0.0797. The summed E-state index contributed by atoms with van der Waals surface area (Å²) >= 11 is 0. The van der Waals surface area contributed by atoms with E-state index in [2.05, 4.69) is 20.6 Å². The topological polar surface area (TPSA) is 109 Å². The van der Waals surface area contributed by atoms with Gasteiger partial charge in [0, 0.05) is 25.1 Å². The summed E-state index contributed by atoms with van der Waals surface area (Å²) < 4.78 is 41.6. The Kier molecular flexibility index (Phi) is 5.36. The summed E-state index contributed by atoms with van der Waals surface area (Å²) in [6.07, 6.45) is 0.821. The van der Waals surface area contributed by atoms with Gasteiger partial charge in [-0.2, -0.15) is 0 Å². The summed E-state index contributed by atoms with van der Waals surface area (Å²) in [5.41, 5.74) is -1.69. The van der Waals surface area contributed by atoms with Crippen LogP contribution in [0.5, 0.6) is 0 Å². The average molecular weight is 433 g/mol. The van der Waals surface area contributed by atoms with Gasteiger partial charge in [0.25, 0.3) is 5.56 Å². The Morgan fingerprint density at radius 3 is 2.58 bits per heavy atom. The van der Waals surface area contributed by atoms with Crippen LogP contribution in [0, 0.1) is 23.4 Å². The quantitative estimate of drug-likeness (QED) is 0.559. The van der Waals surface area contributed by atoms with E-state index in [-0.39, 0.29) is 16.6 Å². The number of halogens is 3. The second-order valence-electron chi connectivity index (χ2n) is 7.41. The van der Waals surface area contributed by atoms with Gasteiger partial charge >= 0.3 is 5.69 Å². The maximum atomic E-state index is 14.0. The van der Waals surface area contributed by atoms with Crippen molar-refractivity contribution in [1.82, 2.24) is 25.2 Å². The second kappa shape index (κ2) is 7.99. The van der Waals surface area contributed by atoms with Crippen LogP contribution in [-0.4, -0.2) is 33.5 Å². The number of H-pyrrole nitrogens is 1. The van der Waals surface area contributed by atoms with Crippen LogP contribution in [0.15, 0.2) is 40.1 Å². The van der Waals surface area contributed by atoms with Gasteiger partial charge in [-0.15, -0.1) is 0 Å². The molecule has 0 radical (unpaired) electrons. The molecule has 2 atom stereocenters. The zero-order valence-corrected chi connectivity index (χ0v) is 16.3. The number of amides is 1. The van der Waals surface area contributed by atoms with Gasteiger partial charge in [-0.05, 0) is 25.1 Å². The van der Waals surface area contributed by atoms with E-state index in [1.54, 1.807) is 0 Å². The lowest BCUT2D eigenvalue weighted by molar-refractivity contribution is -0.127. The predicted molar refractivity (Wildman–Crippen MR) is 105 cm³/mol. The van der Waals surface area contributed by atoms with Crippen molar-refractivity contribution in [3.05, 3.63) is 74.4 Å². The number of pyridine rings is 1. The molecule has 3 aromatic rings. The Hall–Kier alpha value is -3.47. The number of carbonyl (C=O) groups excluding carboxylic acids is 1. The van der Waals surface area contributed by atoms with E-state index in [9.17, 15) is 27.6 Å². The van der Waals surface area contributed by atoms with Crippen LogP contribution in [0.1, 0.15) is 24.7 Å². The molecule has 31 heavy (non-hydrogen) atoms. The lowest BCUT2D eigenvalue weighted by Crippen LogP contribution is -2.56. The van der Waals surface area contributed by atoms with E-state index < -0.39 is 52.6 Å². The molecule has 3 heterocycles. The van der Waals surface area contributed by atoms with Gasteiger partial charge in [-0.3, -0.25) is 14.6 Å². The number of fused-ring (bicyclic) bond motifs is 1. The predicted octanol–water partition coefficient (Wildman–Crippen LogP) is 1.14. The monoisotopic (exact) mass is 433 g/mol. The Morgan fingerprint density at radius 1 is 1.19 bits per heavy atom. The number of hydrogen-bond acceptors (Lipinski definition) is 5. The first kappa shape index (κ1) is 20.8. The molecule has 1 saturated heterocycles. The highest BCUT2D eigenvalue weighted by Crippen LogP contribution is 2.23. The largest absolute Gasteiger partial charge is 0.346 e. The number of aromatic nitrogens is 3. The Labute approximate surface area is 173 Å². The molecular formula is C20H18F3N5O3. The lowest BCUT2D eigenvalue weighted by Gasteiger charge is -2.34. The van der Waals surface area contributed by atoms with Crippen LogP contribution in [0.2, 0.25) is 0 Å². The summed E-state index contributed by atoms with van der Waals surface area (Å²) in [7, 11) is 0. The average Bonchev–Trinajstić information content (AvgIpc) is 2.66. The smallest absolute Gasteiger partial charge is 0.329 e. The summed E-state index contributed by atoms with van der Waals surface area (Å²) in [5.74, 6) is -3.58. The first-order chi connectivity index (χ1) is 14.8. The fraction of sp³-hybridized carbons (Fsp3) is 0.300. The van der Waals surface area contributed by atoms with Crippen molar-refractivity contribution in [2.45, 2.75) is 19.0 Å². The van der Waals surface area contributed by atoms with Crippen molar-refractivity contribution in [3.63, 3.8) is 0 Å². The van der Waals surface area contributed by atoms with Crippen LogP contribution >= 0.6 is 0 Å². The molecule has 1 fully saturated rings. The zero-order valence-electron chi connectivity index (χ0n) is 16.3. The molecule has 3 N–H and O–H groups in total. The minimum atomic E-state index is -1.23. The highest BCUT2D eigenvalue weighted by molar-refractivity contribution is 5.82. The van der Waals surface area contributed by atoms with E-state index in [1.807, 2.05) is 0 Å². The molecule has 2 aromatic heterocycles. The van der Waals surface area contributed by atoms with Crippen molar-refractivity contribution in [3.8, 4) is 0 Å². The molecule has 0 bridgehead atoms. The van der Waals surface area contributed by atoms with Gasteiger partial charge in [0.05, 0.1) is 28.8 Å². The van der Waals surface area contributed by atoms with Crippen molar-refractivity contribution in [2.75, 3.05) is 13.1 Å². The maximum absolute atomic E-state index is 14.0. The highest BCUT2D eigenvalue weighted by Gasteiger charge is 2.37. The third kappa shape index (κ3) is 3.83. The normalized spacial score (nSPS) is 16.0. The molecule has 0 saturated carbocycles. The van der Waals surface area contributed by atoms with Gasteiger partial charge in [0.1, 0.15) is 23.5 Å².